The third kappa shape index (κ3) is 3.05. The molecule has 0 spiro atoms. The van der Waals surface area contributed by atoms with Crippen LogP contribution < -0.4 is 4.74 Å². The molecular weight excluding hydrogens is 266 g/mol. The van der Waals surface area contributed by atoms with Crippen LogP contribution in [0.5, 0.6) is 5.75 Å². The van der Waals surface area contributed by atoms with Crippen molar-refractivity contribution in [2.45, 2.75) is 13.5 Å². The standard InChI is InChI=1S/C13H16ClN3O2/c1-4-19-11-6-5-9(14)7-10(11)13-15-12(8-18-3)17(2)16-13/h5-7H,4,8H2,1-3H3. The molecule has 0 atom stereocenters. The van der Waals surface area contributed by atoms with Crippen molar-refractivity contribution in [2.24, 2.45) is 7.05 Å². The zero-order valence-electron chi connectivity index (χ0n) is 11.2. The van der Waals surface area contributed by atoms with Crippen molar-refractivity contribution in [3.63, 3.8) is 0 Å². The molecule has 0 bridgehead atoms. The Morgan fingerprint density at radius 1 is 1.37 bits per heavy atom. The number of nitrogens with zero attached hydrogens (tertiary/aromatic N) is 3. The van der Waals surface area contributed by atoms with Crippen LogP contribution in [0.15, 0.2) is 18.2 Å². The van der Waals surface area contributed by atoms with Crippen LogP contribution in [0, 0.1) is 0 Å². The van der Waals surface area contributed by atoms with Crippen molar-refractivity contribution >= 4 is 11.6 Å². The summed E-state index contributed by atoms with van der Waals surface area (Å²) >= 11 is 6.03. The molecule has 6 heteroatoms. The molecule has 1 heterocycles. The second-order valence-corrected chi connectivity index (χ2v) is 4.42. The van der Waals surface area contributed by atoms with Crippen LogP contribution in [0.4, 0.5) is 0 Å². The third-order valence-electron chi connectivity index (χ3n) is 2.61. The minimum Gasteiger partial charge on any atom is -0.493 e. The highest BCUT2D eigenvalue weighted by molar-refractivity contribution is 6.30. The predicted molar refractivity (Wildman–Crippen MR) is 73.3 cm³/mol. The van der Waals surface area contributed by atoms with Crippen molar-refractivity contribution in [1.82, 2.24) is 14.8 Å². The van der Waals surface area contributed by atoms with Gasteiger partial charge in [0.15, 0.2) is 11.6 Å². The molecular formula is C13H16ClN3O2. The second-order valence-electron chi connectivity index (χ2n) is 3.98. The third-order valence-corrected chi connectivity index (χ3v) is 2.84. The number of aromatic nitrogens is 3. The zero-order valence-corrected chi connectivity index (χ0v) is 11.9. The summed E-state index contributed by atoms with van der Waals surface area (Å²) < 4.78 is 12.3. The Bertz CT molecular complexity index is 569. The average molecular weight is 282 g/mol. The number of methoxy groups -OCH3 is 1. The van der Waals surface area contributed by atoms with Crippen molar-refractivity contribution in [1.29, 1.82) is 0 Å². The van der Waals surface area contributed by atoms with Gasteiger partial charge < -0.3 is 9.47 Å². The van der Waals surface area contributed by atoms with Crippen molar-refractivity contribution in [2.75, 3.05) is 13.7 Å². The first kappa shape index (κ1) is 13.8. The highest BCUT2D eigenvalue weighted by Gasteiger charge is 2.14. The van der Waals surface area contributed by atoms with E-state index in [1.165, 1.54) is 0 Å². The molecule has 5 nitrogen and oxygen atoms in total. The van der Waals surface area contributed by atoms with Gasteiger partial charge in [-0.25, -0.2) is 4.98 Å². The van der Waals surface area contributed by atoms with E-state index in [0.717, 1.165) is 17.1 Å². The number of benzene rings is 1. The van der Waals surface area contributed by atoms with E-state index >= 15 is 0 Å². The Balaban J connectivity index is 2.45. The molecule has 0 N–H and O–H groups in total. The van der Waals surface area contributed by atoms with Gasteiger partial charge in [0, 0.05) is 19.2 Å². The molecule has 0 amide bonds. The van der Waals surface area contributed by atoms with Crippen LogP contribution in [0.25, 0.3) is 11.4 Å². The molecule has 2 rings (SSSR count). The molecule has 0 unspecified atom stereocenters. The Labute approximate surface area is 117 Å². The van der Waals surface area contributed by atoms with Crippen molar-refractivity contribution in [3.8, 4) is 17.1 Å². The van der Waals surface area contributed by atoms with Gasteiger partial charge in [-0.15, -0.1) is 0 Å². The molecule has 102 valence electrons. The molecule has 0 saturated heterocycles. The topological polar surface area (TPSA) is 49.2 Å². The lowest BCUT2D eigenvalue weighted by molar-refractivity contribution is 0.174. The molecule has 0 saturated carbocycles. The van der Waals surface area contributed by atoms with E-state index in [1.807, 2.05) is 20.0 Å². The first-order valence-corrected chi connectivity index (χ1v) is 6.35. The number of ether oxygens (including phenoxy) is 2. The van der Waals surface area contributed by atoms with Gasteiger partial charge in [0.25, 0.3) is 0 Å². The van der Waals surface area contributed by atoms with Gasteiger partial charge >= 0.3 is 0 Å². The molecule has 0 aliphatic rings. The lowest BCUT2D eigenvalue weighted by atomic mass is 10.2. The Morgan fingerprint density at radius 3 is 2.84 bits per heavy atom. The van der Waals surface area contributed by atoms with Crippen molar-refractivity contribution in [3.05, 3.63) is 29.0 Å². The monoisotopic (exact) mass is 281 g/mol. The van der Waals surface area contributed by atoms with E-state index in [-0.39, 0.29) is 0 Å². The normalized spacial score (nSPS) is 10.7. The van der Waals surface area contributed by atoms with E-state index in [2.05, 4.69) is 10.1 Å². The van der Waals surface area contributed by atoms with E-state index in [4.69, 9.17) is 21.1 Å². The van der Waals surface area contributed by atoms with Crippen LogP contribution in [0.1, 0.15) is 12.7 Å². The summed E-state index contributed by atoms with van der Waals surface area (Å²) in [5.74, 6) is 2.06. The highest BCUT2D eigenvalue weighted by Crippen LogP contribution is 2.30. The van der Waals surface area contributed by atoms with Gasteiger partial charge in [0.2, 0.25) is 0 Å². The molecule has 0 aliphatic carbocycles. The largest absolute Gasteiger partial charge is 0.493 e. The van der Waals surface area contributed by atoms with Crippen LogP contribution in [0.2, 0.25) is 5.02 Å². The number of aryl methyl sites for hydroxylation is 1. The van der Waals surface area contributed by atoms with Crippen LogP contribution >= 0.6 is 11.6 Å². The van der Waals surface area contributed by atoms with Gasteiger partial charge in [-0.05, 0) is 25.1 Å². The number of halogens is 1. The maximum atomic E-state index is 6.03. The van der Waals surface area contributed by atoms with Gasteiger partial charge in [-0.3, -0.25) is 4.68 Å². The first-order valence-electron chi connectivity index (χ1n) is 5.97. The fourth-order valence-electron chi connectivity index (χ4n) is 1.74. The van der Waals surface area contributed by atoms with E-state index in [0.29, 0.717) is 24.1 Å². The van der Waals surface area contributed by atoms with Gasteiger partial charge in [-0.1, -0.05) is 11.6 Å². The molecule has 1 aromatic carbocycles. The minimum atomic E-state index is 0.411. The second kappa shape index (κ2) is 6.04. The summed E-state index contributed by atoms with van der Waals surface area (Å²) in [5, 5.41) is 4.99. The summed E-state index contributed by atoms with van der Waals surface area (Å²) in [6, 6.07) is 5.42. The Hall–Kier alpha value is -1.59. The first-order chi connectivity index (χ1) is 9.15. The molecule has 1 aromatic heterocycles. The van der Waals surface area contributed by atoms with E-state index < -0.39 is 0 Å². The maximum absolute atomic E-state index is 6.03. The summed E-state index contributed by atoms with van der Waals surface area (Å²) in [7, 11) is 3.45. The highest BCUT2D eigenvalue weighted by atomic mass is 35.5. The summed E-state index contributed by atoms with van der Waals surface area (Å²) in [5.41, 5.74) is 0.785. The van der Waals surface area contributed by atoms with Crippen LogP contribution in [0.3, 0.4) is 0 Å². The molecule has 0 aliphatic heterocycles. The quantitative estimate of drug-likeness (QED) is 0.845. The predicted octanol–water partition coefficient (Wildman–Crippen LogP) is 2.68. The van der Waals surface area contributed by atoms with Gasteiger partial charge in [0.1, 0.15) is 12.4 Å². The summed E-state index contributed by atoms with van der Waals surface area (Å²) in [4.78, 5) is 4.44. The van der Waals surface area contributed by atoms with Crippen LogP contribution in [-0.4, -0.2) is 28.5 Å². The fourth-order valence-corrected chi connectivity index (χ4v) is 1.92. The zero-order chi connectivity index (χ0) is 13.8. The maximum Gasteiger partial charge on any atom is 0.185 e. The number of rotatable bonds is 5. The fraction of sp³-hybridized carbons (Fsp3) is 0.385. The van der Waals surface area contributed by atoms with E-state index in [1.54, 1.807) is 23.9 Å². The smallest absolute Gasteiger partial charge is 0.185 e. The van der Waals surface area contributed by atoms with Crippen molar-refractivity contribution < 1.29 is 9.47 Å². The van der Waals surface area contributed by atoms with E-state index in [9.17, 15) is 0 Å². The number of hydrogen-bond acceptors (Lipinski definition) is 4. The van der Waals surface area contributed by atoms with Gasteiger partial charge in [-0.2, -0.15) is 5.10 Å². The molecule has 0 radical (unpaired) electrons. The SMILES string of the molecule is CCOc1ccc(Cl)cc1-c1nc(COC)n(C)n1. The Kier molecular flexibility index (Phi) is 4.39. The van der Waals surface area contributed by atoms with Crippen LogP contribution in [-0.2, 0) is 18.4 Å². The minimum absolute atomic E-state index is 0.411. The molecule has 0 fully saturated rings. The lowest BCUT2D eigenvalue weighted by Crippen LogP contribution is -2.00. The average Bonchev–Trinajstić information content (AvgIpc) is 2.74. The summed E-state index contributed by atoms with van der Waals surface area (Å²) in [6.45, 7) is 2.92. The lowest BCUT2D eigenvalue weighted by Gasteiger charge is -2.07. The molecule has 2 aromatic rings. The molecule has 19 heavy (non-hydrogen) atoms. The number of hydrogen-bond donors (Lipinski definition) is 0. The summed E-state index contributed by atoms with van der Waals surface area (Å²) in [6.07, 6.45) is 0. The van der Waals surface area contributed by atoms with Gasteiger partial charge in [0.05, 0.1) is 12.2 Å². The Morgan fingerprint density at radius 2 is 2.16 bits per heavy atom.